The van der Waals surface area contributed by atoms with Gasteiger partial charge in [-0.05, 0) is 70.0 Å². The van der Waals surface area contributed by atoms with Crippen molar-refractivity contribution in [1.82, 2.24) is 0 Å². The second kappa shape index (κ2) is 10.2. The molecular weight excluding hydrogens is 522 g/mol. The molecule has 0 saturated carbocycles. The van der Waals surface area contributed by atoms with Crippen molar-refractivity contribution in [2.75, 3.05) is 0 Å². The van der Waals surface area contributed by atoms with Gasteiger partial charge in [0.25, 0.3) is 0 Å². The molecule has 0 spiro atoms. The summed E-state index contributed by atoms with van der Waals surface area (Å²) in [7, 11) is 0. The number of ether oxygens (including phenoxy) is 1. The summed E-state index contributed by atoms with van der Waals surface area (Å²) < 4.78 is 23.6. The lowest BCUT2D eigenvalue weighted by Gasteiger charge is -2.09. The van der Waals surface area contributed by atoms with Gasteiger partial charge in [-0.2, -0.15) is 10.5 Å². The first-order valence-corrected chi connectivity index (χ1v) is 11.6. The monoisotopic (exact) mass is 537 g/mol. The number of halogens is 1. The maximum Gasteiger partial charge on any atom is 0.238 e. The van der Waals surface area contributed by atoms with Crippen LogP contribution in [0.3, 0.4) is 0 Å². The summed E-state index contributed by atoms with van der Waals surface area (Å²) in [5, 5.41) is 19.1. The number of hydrogen-bond acceptors (Lipinski definition) is 7. The van der Waals surface area contributed by atoms with Crippen LogP contribution in [-0.4, -0.2) is 6.21 Å². The van der Waals surface area contributed by atoms with E-state index in [4.69, 9.17) is 18.0 Å². The number of hydrogen-bond donors (Lipinski definition) is 0. The summed E-state index contributed by atoms with van der Waals surface area (Å²) >= 11 is 3.53. The summed E-state index contributed by atoms with van der Waals surface area (Å²) in [5.74, 6) is 2.06. The molecule has 0 amide bonds. The van der Waals surface area contributed by atoms with Gasteiger partial charge in [0.2, 0.25) is 5.88 Å². The summed E-state index contributed by atoms with van der Waals surface area (Å²) in [6.07, 6.45) is 4.65. The number of nitriles is 2. The van der Waals surface area contributed by atoms with E-state index in [0.717, 1.165) is 11.1 Å². The van der Waals surface area contributed by atoms with Gasteiger partial charge in [0.05, 0.1) is 34.2 Å². The molecule has 0 saturated heterocycles. The smallest absolute Gasteiger partial charge is 0.238 e. The molecule has 0 N–H and O–H groups in total. The molecule has 2 aromatic carbocycles. The minimum absolute atomic E-state index is 0.139. The van der Waals surface area contributed by atoms with Crippen molar-refractivity contribution >= 4 is 28.0 Å². The highest BCUT2D eigenvalue weighted by Crippen LogP contribution is 2.42. The standard InChI is InChI=1S/C28H16BrN3O4/c29-22-13-18(9-10-23(22)35-17-20-6-2-1-5-19(20)14-30)16-32-28-21(15-31)26(24-7-3-11-33-24)27(36-28)25-8-4-12-34-25/h1-13,16H,17H2. The summed E-state index contributed by atoms with van der Waals surface area (Å²) in [6, 6.07) is 24.1. The van der Waals surface area contributed by atoms with Crippen LogP contribution in [0.5, 0.6) is 5.75 Å². The molecule has 3 heterocycles. The van der Waals surface area contributed by atoms with E-state index < -0.39 is 0 Å². The maximum absolute atomic E-state index is 9.88. The van der Waals surface area contributed by atoms with Crippen molar-refractivity contribution < 1.29 is 18.0 Å². The second-order valence-electron chi connectivity index (χ2n) is 7.56. The van der Waals surface area contributed by atoms with Crippen molar-refractivity contribution in [1.29, 1.82) is 10.5 Å². The lowest BCUT2D eigenvalue weighted by Crippen LogP contribution is -1.99. The molecule has 0 bridgehead atoms. The number of aliphatic imine (C=N–C) groups is 1. The van der Waals surface area contributed by atoms with Crippen molar-refractivity contribution in [3.63, 3.8) is 0 Å². The molecule has 0 aliphatic heterocycles. The Bertz CT molecular complexity index is 1620. The second-order valence-corrected chi connectivity index (χ2v) is 8.41. The SMILES string of the molecule is N#Cc1ccccc1COc1ccc(C=Nc2oc(-c3ccco3)c(-c3ccco3)c2C#N)cc1Br. The molecular formula is C28H16BrN3O4. The van der Waals surface area contributed by atoms with Crippen molar-refractivity contribution in [3.05, 3.63) is 106 Å². The Balaban J connectivity index is 1.41. The zero-order chi connectivity index (χ0) is 24.9. The summed E-state index contributed by atoms with van der Waals surface area (Å²) in [6.45, 7) is 0.263. The van der Waals surface area contributed by atoms with E-state index in [2.05, 4.69) is 33.1 Å². The normalized spacial score (nSPS) is 10.9. The van der Waals surface area contributed by atoms with Crippen molar-refractivity contribution in [3.8, 4) is 40.7 Å². The van der Waals surface area contributed by atoms with E-state index in [0.29, 0.717) is 38.6 Å². The van der Waals surface area contributed by atoms with Crippen LogP contribution >= 0.6 is 15.9 Å². The first kappa shape index (κ1) is 23.0. The Morgan fingerprint density at radius 2 is 1.69 bits per heavy atom. The molecule has 0 aliphatic carbocycles. The first-order chi connectivity index (χ1) is 17.7. The van der Waals surface area contributed by atoms with Gasteiger partial charge in [-0.1, -0.05) is 18.2 Å². The third-order valence-corrected chi connectivity index (χ3v) is 5.94. The van der Waals surface area contributed by atoms with Crippen LogP contribution in [-0.2, 0) is 6.61 Å². The van der Waals surface area contributed by atoms with Crippen molar-refractivity contribution in [2.45, 2.75) is 6.61 Å². The van der Waals surface area contributed by atoms with E-state index in [1.165, 1.54) is 12.5 Å². The van der Waals surface area contributed by atoms with Crippen LogP contribution in [0, 0.1) is 22.7 Å². The van der Waals surface area contributed by atoms with Crippen LogP contribution < -0.4 is 4.74 Å². The number of benzene rings is 2. The molecule has 0 radical (unpaired) electrons. The lowest BCUT2D eigenvalue weighted by molar-refractivity contribution is 0.304. The third-order valence-electron chi connectivity index (χ3n) is 5.32. The largest absolute Gasteiger partial charge is 0.488 e. The van der Waals surface area contributed by atoms with E-state index >= 15 is 0 Å². The fraction of sp³-hybridized carbons (Fsp3) is 0.0357. The Labute approximate surface area is 214 Å². The number of rotatable bonds is 7. The highest BCUT2D eigenvalue weighted by atomic mass is 79.9. The molecule has 0 atom stereocenters. The van der Waals surface area contributed by atoms with Gasteiger partial charge < -0.3 is 18.0 Å². The molecule has 36 heavy (non-hydrogen) atoms. The van der Waals surface area contributed by atoms with E-state index in [1.807, 2.05) is 30.3 Å². The van der Waals surface area contributed by atoms with Crippen LogP contribution in [0.25, 0.3) is 22.8 Å². The van der Waals surface area contributed by atoms with E-state index in [1.54, 1.807) is 42.6 Å². The maximum atomic E-state index is 9.88. The fourth-order valence-electron chi connectivity index (χ4n) is 3.61. The minimum Gasteiger partial charge on any atom is -0.488 e. The average molecular weight is 538 g/mol. The predicted molar refractivity (Wildman–Crippen MR) is 136 cm³/mol. The van der Waals surface area contributed by atoms with Gasteiger partial charge in [0, 0.05) is 11.8 Å². The molecule has 5 aromatic rings. The number of nitrogens with zero attached hydrogens (tertiary/aromatic N) is 3. The van der Waals surface area contributed by atoms with Crippen LogP contribution in [0.1, 0.15) is 22.3 Å². The number of furan rings is 3. The topological polar surface area (TPSA) is 109 Å². The van der Waals surface area contributed by atoms with Crippen LogP contribution in [0.15, 0.2) is 102 Å². The molecule has 0 aliphatic rings. The van der Waals surface area contributed by atoms with Gasteiger partial charge in [0.1, 0.15) is 29.7 Å². The Morgan fingerprint density at radius 1 is 0.917 bits per heavy atom. The Morgan fingerprint density at radius 3 is 2.39 bits per heavy atom. The van der Waals surface area contributed by atoms with Crippen LogP contribution in [0.2, 0.25) is 0 Å². The third kappa shape index (κ3) is 4.58. The first-order valence-electron chi connectivity index (χ1n) is 10.8. The zero-order valence-corrected chi connectivity index (χ0v) is 20.2. The molecule has 3 aromatic heterocycles. The average Bonchev–Trinajstić information content (AvgIpc) is 3.67. The van der Waals surface area contributed by atoms with Crippen LogP contribution in [0.4, 0.5) is 5.88 Å². The highest BCUT2D eigenvalue weighted by Gasteiger charge is 2.26. The quantitative estimate of drug-likeness (QED) is 0.197. The molecule has 8 heteroatoms. The molecule has 0 unspecified atom stereocenters. The summed E-state index contributed by atoms with van der Waals surface area (Å²) in [5.41, 5.74) is 2.85. The lowest BCUT2D eigenvalue weighted by atomic mass is 10.1. The van der Waals surface area contributed by atoms with Gasteiger partial charge >= 0.3 is 0 Å². The Hall–Kier alpha value is -4.79. The van der Waals surface area contributed by atoms with Gasteiger partial charge in [0.15, 0.2) is 11.5 Å². The Kier molecular flexibility index (Phi) is 6.53. The van der Waals surface area contributed by atoms with Crippen molar-refractivity contribution in [2.24, 2.45) is 4.99 Å². The molecule has 0 fully saturated rings. The fourth-order valence-corrected chi connectivity index (χ4v) is 4.12. The van der Waals surface area contributed by atoms with E-state index in [9.17, 15) is 10.5 Å². The molecule has 5 rings (SSSR count). The van der Waals surface area contributed by atoms with Gasteiger partial charge in [-0.3, -0.25) is 0 Å². The van der Waals surface area contributed by atoms with Gasteiger partial charge in [-0.15, -0.1) is 0 Å². The minimum atomic E-state index is 0.139. The molecule has 174 valence electrons. The summed E-state index contributed by atoms with van der Waals surface area (Å²) in [4.78, 5) is 4.44. The predicted octanol–water partition coefficient (Wildman–Crippen LogP) is 7.64. The zero-order valence-electron chi connectivity index (χ0n) is 18.6. The molecule has 7 nitrogen and oxygen atoms in total. The van der Waals surface area contributed by atoms with E-state index in [-0.39, 0.29) is 18.1 Å². The highest BCUT2D eigenvalue weighted by molar-refractivity contribution is 9.10. The van der Waals surface area contributed by atoms with Gasteiger partial charge in [-0.25, -0.2) is 4.99 Å².